The highest BCUT2D eigenvalue weighted by Gasteiger charge is 2.14. The van der Waals surface area contributed by atoms with E-state index in [-0.39, 0.29) is 0 Å². The van der Waals surface area contributed by atoms with E-state index >= 15 is 0 Å². The predicted molar refractivity (Wildman–Crippen MR) is 74.6 cm³/mol. The first-order valence-electron chi connectivity index (χ1n) is 6.20. The topological polar surface area (TPSA) is 39.9 Å². The molecule has 1 aromatic carbocycles. The lowest BCUT2D eigenvalue weighted by molar-refractivity contribution is 0.657. The van der Waals surface area contributed by atoms with Crippen LogP contribution in [-0.4, -0.2) is 18.1 Å². The van der Waals surface area contributed by atoms with Crippen molar-refractivity contribution in [1.82, 2.24) is 4.98 Å². The van der Waals surface area contributed by atoms with Crippen LogP contribution in [-0.2, 0) is 0 Å². The number of rotatable bonds is 3. The van der Waals surface area contributed by atoms with Crippen LogP contribution in [0, 0.1) is 11.3 Å². The van der Waals surface area contributed by atoms with Crippen LogP contribution in [0.15, 0.2) is 30.3 Å². The Hall–Kier alpha value is -2.08. The van der Waals surface area contributed by atoms with Crippen molar-refractivity contribution in [2.75, 3.05) is 11.9 Å². The summed E-state index contributed by atoms with van der Waals surface area (Å²) in [5, 5.41) is 10.3. The zero-order valence-electron chi connectivity index (χ0n) is 11.0. The Bertz CT molecular complexity index is 598. The van der Waals surface area contributed by atoms with Gasteiger partial charge >= 0.3 is 0 Å². The molecule has 0 radical (unpaired) electrons. The molecule has 0 saturated carbocycles. The van der Waals surface area contributed by atoms with E-state index in [0.29, 0.717) is 11.6 Å². The van der Waals surface area contributed by atoms with Gasteiger partial charge in [0.05, 0.1) is 11.1 Å². The van der Waals surface area contributed by atoms with Crippen LogP contribution < -0.4 is 4.90 Å². The minimum atomic E-state index is 0.366. The molecule has 0 spiro atoms. The molecule has 0 aliphatic heterocycles. The van der Waals surface area contributed by atoms with Crippen LogP contribution in [0.25, 0.3) is 10.9 Å². The molecule has 3 nitrogen and oxygen atoms in total. The maximum atomic E-state index is 9.26. The number of hydrogen-bond donors (Lipinski definition) is 0. The van der Waals surface area contributed by atoms with Crippen LogP contribution in [0.1, 0.15) is 25.8 Å². The maximum absolute atomic E-state index is 9.26. The van der Waals surface area contributed by atoms with Gasteiger partial charge in [-0.2, -0.15) is 5.26 Å². The van der Waals surface area contributed by atoms with Gasteiger partial charge in [-0.1, -0.05) is 25.1 Å². The molecule has 2 aromatic rings. The molecular formula is C15H17N3. The van der Waals surface area contributed by atoms with Crippen molar-refractivity contribution >= 4 is 16.7 Å². The van der Waals surface area contributed by atoms with Gasteiger partial charge in [0.1, 0.15) is 11.9 Å². The molecule has 2 rings (SSSR count). The molecule has 1 unspecified atom stereocenters. The quantitative estimate of drug-likeness (QED) is 0.824. The average molecular weight is 239 g/mol. The highest BCUT2D eigenvalue weighted by Crippen LogP contribution is 2.24. The van der Waals surface area contributed by atoms with Crippen molar-refractivity contribution in [3.8, 4) is 6.07 Å². The molecule has 0 aliphatic rings. The number of pyridine rings is 1. The fourth-order valence-corrected chi connectivity index (χ4v) is 1.94. The summed E-state index contributed by atoms with van der Waals surface area (Å²) in [7, 11) is 1.99. The first-order chi connectivity index (χ1) is 8.67. The number of hydrogen-bond acceptors (Lipinski definition) is 3. The summed E-state index contributed by atoms with van der Waals surface area (Å²) < 4.78 is 0. The lowest BCUT2D eigenvalue weighted by Crippen LogP contribution is -2.29. The smallest absolute Gasteiger partial charge is 0.147 e. The van der Waals surface area contributed by atoms with Crippen LogP contribution in [0.2, 0.25) is 0 Å². The van der Waals surface area contributed by atoms with E-state index in [1.165, 1.54) is 0 Å². The van der Waals surface area contributed by atoms with E-state index in [9.17, 15) is 5.26 Å². The number of para-hydroxylation sites is 1. The third-order valence-electron chi connectivity index (χ3n) is 3.41. The Morgan fingerprint density at radius 3 is 2.78 bits per heavy atom. The van der Waals surface area contributed by atoms with E-state index < -0.39 is 0 Å². The number of nitriles is 1. The summed E-state index contributed by atoms with van der Waals surface area (Å²) in [6.45, 7) is 4.27. The minimum Gasteiger partial charge on any atom is -0.356 e. The van der Waals surface area contributed by atoms with E-state index in [4.69, 9.17) is 0 Å². The van der Waals surface area contributed by atoms with Gasteiger partial charge in [0.2, 0.25) is 0 Å². The van der Waals surface area contributed by atoms with E-state index in [0.717, 1.165) is 23.1 Å². The highest BCUT2D eigenvalue weighted by atomic mass is 15.2. The predicted octanol–water partition coefficient (Wildman–Crippen LogP) is 3.34. The zero-order chi connectivity index (χ0) is 13.1. The summed E-state index contributed by atoms with van der Waals surface area (Å²) >= 11 is 0. The molecule has 0 fully saturated rings. The van der Waals surface area contributed by atoms with Crippen molar-refractivity contribution in [3.63, 3.8) is 0 Å². The average Bonchev–Trinajstić information content (AvgIpc) is 2.44. The summed E-state index contributed by atoms with van der Waals surface area (Å²) in [6.07, 6.45) is 1.02. The lowest BCUT2D eigenvalue weighted by atomic mass is 10.1. The SMILES string of the molecule is CCC(C)N(C)c1nc2ccccc2cc1C#N. The van der Waals surface area contributed by atoms with E-state index in [2.05, 4.69) is 29.8 Å². The first kappa shape index (κ1) is 12.4. The van der Waals surface area contributed by atoms with Gasteiger partial charge in [0, 0.05) is 18.5 Å². The zero-order valence-corrected chi connectivity index (χ0v) is 11.0. The maximum Gasteiger partial charge on any atom is 0.147 e. The minimum absolute atomic E-state index is 0.366. The molecule has 0 aliphatic carbocycles. The van der Waals surface area contributed by atoms with Crippen molar-refractivity contribution in [1.29, 1.82) is 5.26 Å². The van der Waals surface area contributed by atoms with E-state index in [1.54, 1.807) is 0 Å². The van der Waals surface area contributed by atoms with Gasteiger partial charge in [0.15, 0.2) is 0 Å². The lowest BCUT2D eigenvalue weighted by Gasteiger charge is -2.26. The standard InChI is InChI=1S/C15H17N3/c1-4-11(2)18(3)15-13(10-16)9-12-7-5-6-8-14(12)17-15/h5-9,11H,4H2,1-3H3. The number of aromatic nitrogens is 1. The number of nitrogens with zero attached hydrogens (tertiary/aromatic N) is 3. The van der Waals surface area contributed by atoms with Gasteiger partial charge in [-0.05, 0) is 25.5 Å². The molecule has 0 N–H and O–H groups in total. The van der Waals surface area contributed by atoms with Crippen molar-refractivity contribution in [2.45, 2.75) is 26.3 Å². The van der Waals surface area contributed by atoms with Crippen LogP contribution in [0.5, 0.6) is 0 Å². The highest BCUT2D eigenvalue weighted by molar-refractivity contribution is 5.83. The molecule has 1 aromatic heterocycles. The van der Waals surface area contributed by atoms with Crippen LogP contribution >= 0.6 is 0 Å². The van der Waals surface area contributed by atoms with Gasteiger partial charge in [-0.3, -0.25) is 0 Å². The molecule has 0 saturated heterocycles. The van der Waals surface area contributed by atoms with Crippen molar-refractivity contribution < 1.29 is 0 Å². The second kappa shape index (κ2) is 5.05. The molecule has 3 heteroatoms. The molecule has 1 heterocycles. The van der Waals surface area contributed by atoms with Gasteiger partial charge in [-0.15, -0.1) is 0 Å². The second-order valence-electron chi connectivity index (χ2n) is 4.53. The molecule has 0 amide bonds. The molecular weight excluding hydrogens is 222 g/mol. The monoisotopic (exact) mass is 239 g/mol. The van der Waals surface area contributed by atoms with Gasteiger partial charge < -0.3 is 4.90 Å². The number of fused-ring (bicyclic) bond motifs is 1. The Morgan fingerprint density at radius 1 is 1.39 bits per heavy atom. The van der Waals surface area contributed by atoms with Crippen molar-refractivity contribution in [3.05, 3.63) is 35.9 Å². The Balaban J connectivity index is 2.59. The second-order valence-corrected chi connectivity index (χ2v) is 4.53. The molecule has 0 bridgehead atoms. The largest absolute Gasteiger partial charge is 0.356 e. The van der Waals surface area contributed by atoms with Crippen molar-refractivity contribution in [2.24, 2.45) is 0 Å². The molecule has 18 heavy (non-hydrogen) atoms. The third-order valence-corrected chi connectivity index (χ3v) is 3.41. The van der Waals surface area contributed by atoms with Crippen LogP contribution in [0.4, 0.5) is 5.82 Å². The molecule has 92 valence electrons. The summed E-state index contributed by atoms with van der Waals surface area (Å²) in [5.41, 5.74) is 1.57. The van der Waals surface area contributed by atoms with Crippen LogP contribution in [0.3, 0.4) is 0 Å². The van der Waals surface area contributed by atoms with Gasteiger partial charge in [-0.25, -0.2) is 4.98 Å². The summed E-state index contributed by atoms with van der Waals surface area (Å²) in [6, 6.07) is 12.4. The number of anilines is 1. The number of benzene rings is 1. The summed E-state index contributed by atoms with van der Waals surface area (Å²) in [5.74, 6) is 0.769. The van der Waals surface area contributed by atoms with Gasteiger partial charge in [0.25, 0.3) is 0 Å². The fourth-order valence-electron chi connectivity index (χ4n) is 1.94. The van der Waals surface area contributed by atoms with E-state index in [1.807, 2.05) is 37.4 Å². The summed E-state index contributed by atoms with van der Waals surface area (Å²) in [4.78, 5) is 6.69. The Morgan fingerprint density at radius 2 is 2.11 bits per heavy atom. The third kappa shape index (κ3) is 2.14. The first-order valence-corrected chi connectivity index (χ1v) is 6.20. The normalized spacial score (nSPS) is 12.1. The molecule has 1 atom stereocenters. The Labute approximate surface area is 108 Å². The fraction of sp³-hybridized carbons (Fsp3) is 0.333. The Kier molecular flexibility index (Phi) is 3.47.